The normalized spacial score (nSPS) is 19.6. The minimum Gasteiger partial charge on any atom is -0.323 e. The molecule has 0 spiro atoms. The maximum Gasteiger partial charge on any atom is 0.248 e. The first-order valence-corrected chi connectivity index (χ1v) is 11.5. The number of carbonyl (C=O) groups excluding carboxylic acids is 3. The Morgan fingerprint density at radius 3 is 2.85 bits per heavy atom. The Morgan fingerprint density at radius 1 is 1.30 bits per heavy atom. The second-order valence-corrected chi connectivity index (χ2v) is 8.94. The Balaban J connectivity index is 1.47. The number of nitrogens with one attached hydrogen (secondary N) is 2. The van der Waals surface area contributed by atoms with Gasteiger partial charge in [-0.1, -0.05) is 25.7 Å². The molecule has 176 valence electrons. The number of amides is 3. The molecule has 0 aromatic carbocycles. The van der Waals surface area contributed by atoms with Gasteiger partial charge in [0.2, 0.25) is 18.2 Å². The highest BCUT2D eigenvalue weighted by molar-refractivity contribution is 5.98. The summed E-state index contributed by atoms with van der Waals surface area (Å²) in [4.78, 5) is 46.2. The fourth-order valence-corrected chi connectivity index (χ4v) is 4.81. The standard InChI is InChI=1S/C23H30N6O4/c1-15-6-7-19-20(26-15)11-18(12-24-19)27-22(31)21-8-9-25-29(21)23(32)17(13-28(33)14-30)10-16-4-2-3-5-16/h6-7,11-12,14,16-17,21,25,33H,2-5,8-10,13H2,1H3,(H,27,31)/t17-,21+/m1/s1. The molecule has 2 aromatic heterocycles. The zero-order chi connectivity index (χ0) is 23.4. The van der Waals surface area contributed by atoms with Gasteiger partial charge in [0, 0.05) is 12.2 Å². The molecule has 0 unspecified atom stereocenters. The van der Waals surface area contributed by atoms with Crippen LogP contribution in [0.25, 0.3) is 11.0 Å². The number of carbonyl (C=O) groups is 3. The van der Waals surface area contributed by atoms with Crippen molar-refractivity contribution in [1.82, 2.24) is 25.5 Å². The van der Waals surface area contributed by atoms with E-state index in [4.69, 9.17) is 0 Å². The number of hydrogen-bond donors (Lipinski definition) is 3. The molecule has 1 saturated carbocycles. The number of nitrogens with zero attached hydrogens (tertiary/aromatic N) is 4. The van der Waals surface area contributed by atoms with Crippen molar-refractivity contribution in [1.29, 1.82) is 0 Å². The van der Waals surface area contributed by atoms with Gasteiger partial charge < -0.3 is 5.32 Å². The molecular weight excluding hydrogens is 424 g/mol. The monoisotopic (exact) mass is 454 g/mol. The van der Waals surface area contributed by atoms with Gasteiger partial charge in [0.1, 0.15) is 6.04 Å². The van der Waals surface area contributed by atoms with Crippen molar-refractivity contribution >= 4 is 34.9 Å². The van der Waals surface area contributed by atoms with E-state index in [1.54, 1.807) is 12.3 Å². The molecule has 1 aliphatic carbocycles. The molecule has 4 rings (SSSR count). The minimum absolute atomic E-state index is 0.0923. The van der Waals surface area contributed by atoms with Gasteiger partial charge in [-0.2, -0.15) is 0 Å². The number of aryl methyl sites for hydroxylation is 1. The molecule has 3 amide bonds. The highest BCUT2D eigenvalue weighted by Gasteiger charge is 2.39. The summed E-state index contributed by atoms with van der Waals surface area (Å²) in [5, 5.41) is 14.5. The molecular formula is C23H30N6O4. The molecule has 1 aliphatic heterocycles. The topological polar surface area (TPSA) is 128 Å². The van der Waals surface area contributed by atoms with E-state index in [2.05, 4.69) is 20.7 Å². The molecule has 0 radical (unpaired) electrons. The number of pyridine rings is 2. The highest BCUT2D eigenvalue weighted by Crippen LogP contribution is 2.31. The highest BCUT2D eigenvalue weighted by atomic mass is 16.5. The lowest BCUT2D eigenvalue weighted by Gasteiger charge is -2.29. The van der Waals surface area contributed by atoms with E-state index in [1.165, 1.54) is 5.01 Å². The van der Waals surface area contributed by atoms with Crippen molar-refractivity contribution in [2.45, 2.75) is 51.5 Å². The molecule has 3 N–H and O–H groups in total. The van der Waals surface area contributed by atoms with Crippen LogP contribution in [-0.2, 0) is 14.4 Å². The van der Waals surface area contributed by atoms with Gasteiger partial charge >= 0.3 is 0 Å². The molecule has 10 heteroatoms. The zero-order valence-electron chi connectivity index (χ0n) is 18.7. The number of rotatable bonds is 8. The largest absolute Gasteiger partial charge is 0.323 e. The molecule has 3 heterocycles. The van der Waals surface area contributed by atoms with Crippen LogP contribution in [0.1, 0.15) is 44.2 Å². The lowest BCUT2D eigenvalue weighted by molar-refractivity contribution is -0.159. The molecule has 2 fully saturated rings. The smallest absolute Gasteiger partial charge is 0.248 e. The van der Waals surface area contributed by atoms with Gasteiger partial charge in [0.25, 0.3) is 0 Å². The van der Waals surface area contributed by atoms with Crippen LogP contribution in [0.2, 0.25) is 0 Å². The van der Waals surface area contributed by atoms with E-state index in [1.807, 2.05) is 19.1 Å². The number of aromatic nitrogens is 2. The molecule has 2 aromatic rings. The van der Waals surface area contributed by atoms with E-state index >= 15 is 0 Å². The van der Waals surface area contributed by atoms with Crippen LogP contribution in [0.15, 0.2) is 24.4 Å². The van der Waals surface area contributed by atoms with Crippen LogP contribution in [-0.4, -0.2) is 62.6 Å². The van der Waals surface area contributed by atoms with Crippen LogP contribution in [0, 0.1) is 18.8 Å². The first-order chi connectivity index (χ1) is 15.9. The summed E-state index contributed by atoms with van der Waals surface area (Å²) in [7, 11) is 0. The predicted molar refractivity (Wildman–Crippen MR) is 121 cm³/mol. The quantitative estimate of drug-likeness (QED) is 0.316. The summed E-state index contributed by atoms with van der Waals surface area (Å²) >= 11 is 0. The average molecular weight is 455 g/mol. The Morgan fingerprint density at radius 2 is 2.09 bits per heavy atom. The van der Waals surface area contributed by atoms with E-state index in [-0.39, 0.29) is 18.4 Å². The van der Waals surface area contributed by atoms with Gasteiger partial charge in [-0.3, -0.25) is 34.6 Å². The SMILES string of the molecule is Cc1ccc2ncc(NC(=O)[C@@H]3CCNN3C(=O)[C@H](CC3CCCC3)CN(O)C=O)cc2n1. The third kappa shape index (κ3) is 5.45. The van der Waals surface area contributed by atoms with Crippen LogP contribution in [0.4, 0.5) is 5.69 Å². The minimum atomic E-state index is -0.701. The molecule has 10 nitrogen and oxygen atoms in total. The number of hydroxylamine groups is 2. The maximum absolute atomic E-state index is 13.4. The molecule has 1 saturated heterocycles. The average Bonchev–Trinajstić information content (AvgIpc) is 3.50. The summed E-state index contributed by atoms with van der Waals surface area (Å²) in [6, 6.07) is 4.81. The predicted octanol–water partition coefficient (Wildman–Crippen LogP) is 2.03. The number of hydrazine groups is 1. The number of anilines is 1. The van der Waals surface area contributed by atoms with Crippen molar-refractivity contribution in [3.63, 3.8) is 0 Å². The second-order valence-electron chi connectivity index (χ2n) is 8.94. The van der Waals surface area contributed by atoms with Crippen molar-refractivity contribution in [2.24, 2.45) is 11.8 Å². The Hall–Kier alpha value is -3.11. The number of fused-ring (bicyclic) bond motifs is 1. The van der Waals surface area contributed by atoms with Crippen LogP contribution < -0.4 is 10.7 Å². The molecule has 33 heavy (non-hydrogen) atoms. The molecule has 2 atom stereocenters. The zero-order valence-corrected chi connectivity index (χ0v) is 18.7. The van der Waals surface area contributed by atoms with Crippen molar-refractivity contribution in [3.05, 3.63) is 30.1 Å². The third-order valence-electron chi connectivity index (χ3n) is 6.47. The summed E-state index contributed by atoms with van der Waals surface area (Å²) in [6.45, 7) is 2.27. The summed E-state index contributed by atoms with van der Waals surface area (Å²) in [6.07, 6.45) is 7.25. The summed E-state index contributed by atoms with van der Waals surface area (Å²) in [5.41, 5.74) is 5.79. The van der Waals surface area contributed by atoms with Crippen LogP contribution in [0.5, 0.6) is 0 Å². The van der Waals surface area contributed by atoms with E-state index < -0.39 is 12.0 Å². The Labute approximate surface area is 192 Å². The van der Waals surface area contributed by atoms with Crippen LogP contribution in [0.3, 0.4) is 0 Å². The Kier molecular flexibility index (Phi) is 7.14. The fourth-order valence-electron chi connectivity index (χ4n) is 4.81. The van der Waals surface area contributed by atoms with Gasteiger partial charge in [0.15, 0.2) is 0 Å². The van der Waals surface area contributed by atoms with E-state index in [9.17, 15) is 19.6 Å². The van der Waals surface area contributed by atoms with Crippen molar-refractivity contribution < 1.29 is 19.6 Å². The lowest BCUT2D eigenvalue weighted by atomic mass is 9.92. The molecule has 2 aliphatic rings. The van der Waals surface area contributed by atoms with Crippen LogP contribution >= 0.6 is 0 Å². The summed E-state index contributed by atoms with van der Waals surface area (Å²) in [5.74, 6) is -0.806. The van der Waals surface area contributed by atoms with Gasteiger partial charge in [-0.25, -0.2) is 10.5 Å². The second kappa shape index (κ2) is 10.2. The maximum atomic E-state index is 13.4. The third-order valence-corrected chi connectivity index (χ3v) is 6.47. The number of hydrogen-bond acceptors (Lipinski definition) is 7. The van der Waals surface area contributed by atoms with Gasteiger partial charge in [-0.05, 0) is 43.9 Å². The van der Waals surface area contributed by atoms with Crippen molar-refractivity contribution in [2.75, 3.05) is 18.4 Å². The van der Waals surface area contributed by atoms with E-state index in [0.29, 0.717) is 48.0 Å². The Bertz CT molecular complexity index is 1030. The summed E-state index contributed by atoms with van der Waals surface area (Å²) < 4.78 is 0. The molecule has 0 bridgehead atoms. The van der Waals surface area contributed by atoms with E-state index in [0.717, 1.165) is 36.9 Å². The van der Waals surface area contributed by atoms with Crippen molar-refractivity contribution in [3.8, 4) is 0 Å². The lowest BCUT2D eigenvalue weighted by Crippen LogP contribution is -2.51. The first-order valence-electron chi connectivity index (χ1n) is 11.5. The fraction of sp³-hybridized carbons (Fsp3) is 0.522. The van der Waals surface area contributed by atoms with Gasteiger partial charge in [0.05, 0.1) is 35.4 Å². The van der Waals surface area contributed by atoms with Gasteiger partial charge in [-0.15, -0.1) is 0 Å². The first kappa shape index (κ1) is 23.1.